The maximum atomic E-state index is 6.87. The van der Waals surface area contributed by atoms with Crippen molar-refractivity contribution in [3.63, 3.8) is 0 Å². The van der Waals surface area contributed by atoms with E-state index in [0.717, 1.165) is 60.3 Å². The number of halogens is 2. The summed E-state index contributed by atoms with van der Waals surface area (Å²) in [5.41, 5.74) is 3.77. The van der Waals surface area contributed by atoms with E-state index in [1.54, 1.807) is 0 Å². The third-order valence-electron chi connectivity index (χ3n) is 6.48. The largest absolute Gasteiger partial charge is 0.467 e. The van der Waals surface area contributed by atoms with Crippen molar-refractivity contribution in [1.29, 1.82) is 0 Å². The standard InChI is InChI=1S/C24H26Br2N2O/c25-21-15-19-14-20-8-4-5-9-24(20,29-23(19)22(26)16-21)28-12-10-27(11-13-28)17-18-6-2-1-3-7-18/h1-3,6-7,14-16H,4-5,8-13,17H2. The van der Waals surface area contributed by atoms with Gasteiger partial charge in [-0.05, 0) is 64.5 Å². The summed E-state index contributed by atoms with van der Waals surface area (Å²) in [5, 5.41) is 0. The Morgan fingerprint density at radius 2 is 1.76 bits per heavy atom. The molecule has 0 radical (unpaired) electrons. The van der Waals surface area contributed by atoms with Gasteiger partial charge in [0.25, 0.3) is 0 Å². The molecule has 2 aromatic rings. The van der Waals surface area contributed by atoms with Gasteiger partial charge in [-0.2, -0.15) is 0 Å². The van der Waals surface area contributed by atoms with E-state index in [9.17, 15) is 0 Å². The molecule has 1 saturated heterocycles. The summed E-state index contributed by atoms with van der Waals surface area (Å²) >= 11 is 7.36. The Morgan fingerprint density at radius 3 is 2.55 bits per heavy atom. The summed E-state index contributed by atoms with van der Waals surface area (Å²) in [6.07, 6.45) is 7.09. The smallest absolute Gasteiger partial charge is 0.186 e. The Kier molecular flexibility index (Phi) is 5.59. The SMILES string of the molecule is Brc1cc(Br)c2c(c1)C=C1CCCCC1(N1CCN(Cc3ccccc3)CC1)O2. The molecule has 0 amide bonds. The fraction of sp³-hybridized carbons (Fsp3) is 0.417. The van der Waals surface area contributed by atoms with Crippen LogP contribution in [0, 0.1) is 0 Å². The summed E-state index contributed by atoms with van der Waals surface area (Å²) in [5.74, 6) is 0.991. The Morgan fingerprint density at radius 1 is 0.966 bits per heavy atom. The van der Waals surface area contributed by atoms with Gasteiger partial charge in [0.2, 0.25) is 0 Å². The van der Waals surface area contributed by atoms with Crippen LogP contribution in [0.1, 0.15) is 36.8 Å². The van der Waals surface area contributed by atoms with Gasteiger partial charge >= 0.3 is 0 Å². The first kappa shape index (κ1) is 19.8. The maximum absolute atomic E-state index is 6.87. The number of hydrogen-bond donors (Lipinski definition) is 0. The molecule has 3 nitrogen and oxygen atoms in total. The van der Waals surface area contributed by atoms with Crippen molar-refractivity contribution in [3.05, 3.63) is 68.1 Å². The lowest BCUT2D eigenvalue weighted by molar-refractivity contribution is -0.0931. The molecule has 1 atom stereocenters. The van der Waals surface area contributed by atoms with E-state index < -0.39 is 0 Å². The molecule has 5 rings (SSSR count). The highest BCUT2D eigenvalue weighted by Crippen LogP contribution is 2.48. The third kappa shape index (κ3) is 3.83. The van der Waals surface area contributed by atoms with Crippen LogP contribution in [0.2, 0.25) is 0 Å². The van der Waals surface area contributed by atoms with E-state index in [1.807, 2.05) is 0 Å². The fourth-order valence-corrected chi connectivity index (χ4v) is 6.36. The van der Waals surface area contributed by atoms with E-state index in [1.165, 1.54) is 29.5 Å². The zero-order valence-corrected chi connectivity index (χ0v) is 19.7. The molecule has 1 aliphatic carbocycles. The molecule has 29 heavy (non-hydrogen) atoms. The van der Waals surface area contributed by atoms with Crippen LogP contribution in [0.3, 0.4) is 0 Å². The van der Waals surface area contributed by atoms with Gasteiger partial charge in [-0.1, -0.05) is 46.3 Å². The highest BCUT2D eigenvalue weighted by atomic mass is 79.9. The van der Waals surface area contributed by atoms with Gasteiger partial charge in [-0.25, -0.2) is 0 Å². The van der Waals surface area contributed by atoms with Crippen LogP contribution < -0.4 is 4.74 Å². The van der Waals surface area contributed by atoms with Crippen molar-refractivity contribution in [3.8, 4) is 5.75 Å². The normalized spacial score (nSPS) is 25.0. The fourth-order valence-electron chi connectivity index (χ4n) is 5.02. The Hall–Kier alpha value is -1.14. The lowest BCUT2D eigenvalue weighted by Crippen LogP contribution is -2.62. The molecule has 152 valence electrons. The summed E-state index contributed by atoms with van der Waals surface area (Å²) in [4.78, 5) is 5.18. The topological polar surface area (TPSA) is 15.7 Å². The molecule has 0 bridgehead atoms. The molecule has 0 aromatic heterocycles. The van der Waals surface area contributed by atoms with Crippen LogP contribution in [0.5, 0.6) is 5.75 Å². The predicted molar refractivity (Wildman–Crippen MR) is 125 cm³/mol. The zero-order chi connectivity index (χ0) is 19.8. The minimum Gasteiger partial charge on any atom is -0.467 e. The molecule has 2 aliphatic heterocycles. The van der Waals surface area contributed by atoms with Gasteiger partial charge in [0.1, 0.15) is 5.75 Å². The van der Waals surface area contributed by atoms with E-state index >= 15 is 0 Å². The predicted octanol–water partition coefficient (Wildman–Crippen LogP) is 6.08. The summed E-state index contributed by atoms with van der Waals surface area (Å²) < 4.78 is 8.99. The number of benzene rings is 2. The van der Waals surface area contributed by atoms with Gasteiger partial charge in [0.05, 0.1) is 4.47 Å². The maximum Gasteiger partial charge on any atom is 0.186 e. The average molecular weight is 518 g/mol. The minimum atomic E-state index is -0.263. The minimum absolute atomic E-state index is 0.263. The molecule has 2 fully saturated rings. The van der Waals surface area contributed by atoms with Crippen molar-refractivity contribution in [2.75, 3.05) is 26.2 Å². The van der Waals surface area contributed by atoms with Crippen molar-refractivity contribution < 1.29 is 4.74 Å². The van der Waals surface area contributed by atoms with Crippen molar-refractivity contribution >= 4 is 37.9 Å². The molecular weight excluding hydrogens is 492 g/mol. The number of nitrogens with zero attached hydrogens (tertiary/aromatic N) is 2. The third-order valence-corrected chi connectivity index (χ3v) is 7.53. The van der Waals surface area contributed by atoms with E-state index in [-0.39, 0.29) is 5.72 Å². The van der Waals surface area contributed by atoms with Crippen LogP contribution >= 0.6 is 31.9 Å². The molecule has 5 heteroatoms. The second kappa shape index (κ2) is 8.18. The van der Waals surface area contributed by atoms with Crippen LogP contribution in [0.4, 0.5) is 0 Å². The summed E-state index contributed by atoms with van der Waals surface area (Å²) in [6, 6.07) is 15.1. The second-order valence-electron chi connectivity index (χ2n) is 8.32. The van der Waals surface area contributed by atoms with Crippen molar-refractivity contribution in [1.82, 2.24) is 9.80 Å². The first-order valence-electron chi connectivity index (χ1n) is 10.5. The first-order valence-corrected chi connectivity index (χ1v) is 12.1. The Balaban J connectivity index is 1.37. The molecule has 2 aromatic carbocycles. The second-order valence-corrected chi connectivity index (χ2v) is 10.1. The number of ether oxygens (including phenoxy) is 1. The lowest BCUT2D eigenvalue weighted by atomic mass is 9.82. The Bertz CT molecular complexity index is 922. The summed E-state index contributed by atoms with van der Waals surface area (Å²) in [7, 11) is 0. The van der Waals surface area contributed by atoms with Gasteiger partial charge in [-0.15, -0.1) is 0 Å². The lowest BCUT2D eigenvalue weighted by Gasteiger charge is -2.52. The number of piperazine rings is 1. The highest BCUT2D eigenvalue weighted by molar-refractivity contribution is 9.11. The average Bonchev–Trinajstić information content (AvgIpc) is 2.74. The number of rotatable bonds is 3. The number of fused-ring (bicyclic) bond motifs is 2. The van der Waals surface area contributed by atoms with Crippen LogP contribution in [-0.4, -0.2) is 41.7 Å². The molecular formula is C24H26Br2N2O. The zero-order valence-electron chi connectivity index (χ0n) is 16.5. The molecule has 1 unspecified atom stereocenters. The first-order chi connectivity index (χ1) is 14.1. The van der Waals surface area contributed by atoms with Gasteiger partial charge in [0, 0.05) is 49.2 Å². The van der Waals surface area contributed by atoms with E-state index in [0.29, 0.717) is 0 Å². The molecule has 0 spiro atoms. The number of hydrogen-bond acceptors (Lipinski definition) is 3. The highest BCUT2D eigenvalue weighted by Gasteiger charge is 2.47. The Labute approximate surface area is 190 Å². The molecule has 2 heterocycles. The van der Waals surface area contributed by atoms with Crippen LogP contribution in [0.15, 0.2) is 57.0 Å². The van der Waals surface area contributed by atoms with E-state index in [2.05, 4.69) is 90.2 Å². The monoisotopic (exact) mass is 516 g/mol. The van der Waals surface area contributed by atoms with Crippen molar-refractivity contribution in [2.24, 2.45) is 0 Å². The van der Waals surface area contributed by atoms with Crippen LogP contribution in [-0.2, 0) is 6.54 Å². The van der Waals surface area contributed by atoms with Gasteiger partial charge < -0.3 is 4.74 Å². The molecule has 3 aliphatic rings. The summed E-state index contributed by atoms with van der Waals surface area (Å²) in [6.45, 7) is 5.30. The van der Waals surface area contributed by atoms with E-state index in [4.69, 9.17) is 4.74 Å². The molecule has 0 N–H and O–H groups in total. The van der Waals surface area contributed by atoms with Gasteiger partial charge in [0.15, 0.2) is 5.72 Å². The van der Waals surface area contributed by atoms with Gasteiger partial charge in [-0.3, -0.25) is 9.80 Å². The quantitative estimate of drug-likeness (QED) is 0.491. The molecule has 1 saturated carbocycles. The van der Waals surface area contributed by atoms with Crippen molar-refractivity contribution in [2.45, 2.75) is 38.0 Å². The van der Waals surface area contributed by atoms with Crippen LogP contribution in [0.25, 0.3) is 6.08 Å².